The molecule has 17 heavy (non-hydrogen) atoms. The van der Waals surface area contributed by atoms with E-state index in [-0.39, 0.29) is 0 Å². The Balaban J connectivity index is 2.40. The van der Waals surface area contributed by atoms with Crippen LogP contribution in [0.25, 0.3) is 0 Å². The number of carboxylic acid groups (broad SMARTS) is 1. The van der Waals surface area contributed by atoms with Crippen molar-refractivity contribution in [2.75, 3.05) is 40.3 Å². The van der Waals surface area contributed by atoms with Gasteiger partial charge >= 0.3 is 5.97 Å². The van der Waals surface area contributed by atoms with Gasteiger partial charge in [-0.15, -0.1) is 0 Å². The summed E-state index contributed by atoms with van der Waals surface area (Å²) in [6.45, 7) is 3.53. The number of aliphatic carboxylic acids is 1. The van der Waals surface area contributed by atoms with Crippen molar-refractivity contribution >= 4 is 5.97 Å². The predicted molar refractivity (Wildman–Crippen MR) is 67.9 cm³/mol. The van der Waals surface area contributed by atoms with E-state index in [1.165, 1.54) is 0 Å². The molecule has 3 N–H and O–H groups in total. The highest BCUT2D eigenvalue weighted by Gasteiger charge is 2.25. The zero-order valence-electron chi connectivity index (χ0n) is 10.9. The van der Waals surface area contributed by atoms with E-state index >= 15 is 0 Å². The van der Waals surface area contributed by atoms with E-state index in [4.69, 9.17) is 10.8 Å². The van der Waals surface area contributed by atoms with Crippen LogP contribution in [0.5, 0.6) is 0 Å². The largest absolute Gasteiger partial charge is 0.480 e. The number of likely N-dealkylation sites (N-methyl/N-ethyl adjacent to an activating group) is 1. The van der Waals surface area contributed by atoms with Gasteiger partial charge in [-0.05, 0) is 58.9 Å². The van der Waals surface area contributed by atoms with Gasteiger partial charge in [0.05, 0.1) is 0 Å². The summed E-state index contributed by atoms with van der Waals surface area (Å²) in [7, 11) is 4.03. The standard InChI is InChI=1S/C12H25N3O2/c1-14-7-4-10(5-8-14)9-15(2)11(3-6-13)12(16)17/h10-11H,3-9,13H2,1-2H3,(H,16,17). The summed E-state index contributed by atoms with van der Waals surface area (Å²) in [5.74, 6) is -0.137. The maximum Gasteiger partial charge on any atom is 0.320 e. The second-order valence-corrected chi connectivity index (χ2v) is 5.12. The number of likely N-dealkylation sites (tertiary alicyclic amines) is 1. The average molecular weight is 243 g/mol. The molecule has 0 bridgehead atoms. The smallest absolute Gasteiger partial charge is 0.320 e. The van der Waals surface area contributed by atoms with Crippen molar-refractivity contribution in [3.8, 4) is 0 Å². The van der Waals surface area contributed by atoms with Crippen LogP contribution in [-0.4, -0.2) is 67.2 Å². The van der Waals surface area contributed by atoms with Crippen LogP contribution in [0.2, 0.25) is 0 Å². The molecule has 1 rings (SSSR count). The summed E-state index contributed by atoms with van der Waals surface area (Å²) in [6, 6.07) is -0.431. The first-order valence-electron chi connectivity index (χ1n) is 6.36. The van der Waals surface area contributed by atoms with Crippen LogP contribution in [0, 0.1) is 5.92 Å². The van der Waals surface area contributed by atoms with E-state index in [9.17, 15) is 4.79 Å². The lowest BCUT2D eigenvalue weighted by Gasteiger charge is -2.33. The van der Waals surface area contributed by atoms with Crippen LogP contribution in [0.1, 0.15) is 19.3 Å². The van der Waals surface area contributed by atoms with Gasteiger partial charge < -0.3 is 15.7 Å². The summed E-state index contributed by atoms with van der Waals surface area (Å²) < 4.78 is 0. The second-order valence-electron chi connectivity index (χ2n) is 5.12. The fourth-order valence-corrected chi connectivity index (χ4v) is 2.47. The fourth-order valence-electron chi connectivity index (χ4n) is 2.47. The molecule has 5 nitrogen and oxygen atoms in total. The predicted octanol–water partition coefficient (Wildman–Crippen LogP) is 0.0620. The summed E-state index contributed by atoms with van der Waals surface area (Å²) in [4.78, 5) is 15.4. The quantitative estimate of drug-likeness (QED) is 0.690. The van der Waals surface area contributed by atoms with Crippen LogP contribution >= 0.6 is 0 Å². The highest BCUT2D eigenvalue weighted by atomic mass is 16.4. The third-order valence-electron chi connectivity index (χ3n) is 3.64. The maximum absolute atomic E-state index is 11.1. The van der Waals surface area contributed by atoms with Crippen LogP contribution < -0.4 is 5.73 Å². The van der Waals surface area contributed by atoms with Gasteiger partial charge in [-0.3, -0.25) is 9.69 Å². The summed E-state index contributed by atoms with van der Waals surface area (Å²) in [5.41, 5.74) is 5.46. The van der Waals surface area contributed by atoms with Crippen molar-refractivity contribution in [2.45, 2.75) is 25.3 Å². The molecule has 0 aromatic carbocycles. The Morgan fingerprint density at radius 2 is 2.12 bits per heavy atom. The number of nitrogens with two attached hydrogens (primary N) is 1. The third kappa shape index (κ3) is 4.61. The van der Waals surface area contributed by atoms with Crippen LogP contribution in [0.4, 0.5) is 0 Å². The van der Waals surface area contributed by atoms with Crippen molar-refractivity contribution in [2.24, 2.45) is 11.7 Å². The molecule has 1 fully saturated rings. The van der Waals surface area contributed by atoms with Crippen molar-refractivity contribution in [1.29, 1.82) is 0 Å². The minimum absolute atomic E-state index is 0.425. The number of hydrogen-bond donors (Lipinski definition) is 2. The van der Waals surface area contributed by atoms with E-state index in [2.05, 4.69) is 11.9 Å². The molecule has 0 aromatic rings. The SMILES string of the molecule is CN1CCC(CN(C)C(CCN)C(=O)O)CC1. The Labute approximate surface area is 104 Å². The van der Waals surface area contributed by atoms with E-state index in [0.717, 1.165) is 32.5 Å². The van der Waals surface area contributed by atoms with Gasteiger partial charge in [0.1, 0.15) is 6.04 Å². The zero-order valence-corrected chi connectivity index (χ0v) is 10.9. The normalized spacial score (nSPS) is 20.7. The van der Waals surface area contributed by atoms with Crippen LogP contribution in [0.15, 0.2) is 0 Å². The molecule has 1 atom stereocenters. The molecule has 0 saturated carbocycles. The zero-order chi connectivity index (χ0) is 12.8. The van der Waals surface area contributed by atoms with Crippen molar-refractivity contribution in [3.63, 3.8) is 0 Å². The Bertz CT molecular complexity index is 240. The first kappa shape index (κ1) is 14.4. The Kier molecular flexibility index (Phi) is 5.88. The summed E-state index contributed by atoms with van der Waals surface area (Å²) in [5, 5.41) is 9.14. The molecule has 0 amide bonds. The minimum Gasteiger partial charge on any atom is -0.480 e. The monoisotopic (exact) mass is 243 g/mol. The average Bonchev–Trinajstić information content (AvgIpc) is 2.28. The Hall–Kier alpha value is -0.650. The lowest BCUT2D eigenvalue weighted by atomic mass is 9.96. The molecular formula is C12H25N3O2. The van der Waals surface area contributed by atoms with E-state index in [1.54, 1.807) is 0 Å². The molecule has 1 unspecified atom stereocenters. The molecule has 0 aromatic heterocycles. The number of carbonyl (C=O) groups is 1. The first-order valence-corrected chi connectivity index (χ1v) is 6.36. The highest BCUT2D eigenvalue weighted by Crippen LogP contribution is 2.18. The number of piperidine rings is 1. The molecule has 5 heteroatoms. The van der Waals surface area contributed by atoms with E-state index < -0.39 is 12.0 Å². The highest BCUT2D eigenvalue weighted by molar-refractivity contribution is 5.73. The molecule has 0 spiro atoms. The summed E-state index contributed by atoms with van der Waals surface area (Å²) in [6.07, 6.45) is 2.85. The summed E-state index contributed by atoms with van der Waals surface area (Å²) >= 11 is 0. The van der Waals surface area contributed by atoms with Crippen molar-refractivity contribution in [1.82, 2.24) is 9.80 Å². The Morgan fingerprint density at radius 3 is 2.59 bits per heavy atom. The number of hydrogen-bond acceptors (Lipinski definition) is 4. The Morgan fingerprint density at radius 1 is 1.53 bits per heavy atom. The molecule has 1 aliphatic heterocycles. The molecule has 0 aliphatic carbocycles. The molecule has 100 valence electrons. The molecule has 1 aliphatic rings. The van der Waals surface area contributed by atoms with Crippen molar-refractivity contribution in [3.05, 3.63) is 0 Å². The topological polar surface area (TPSA) is 69.8 Å². The van der Waals surface area contributed by atoms with Crippen LogP contribution in [0.3, 0.4) is 0 Å². The van der Waals surface area contributed by atoms with Crippen LogP contribution in [-0.2, 0) is 4.79 Å². The van der Waals surface area contributed by atoms with E-state index in [1.807, 2.05) is 11.9 Å². The van der Waals surface area contributed by atoms with Gasteiger partial charge in [-0.25, -0.2) is 0 Å². The number of carboxylic acids is 1. The van der Waals surface area contributed by atoms with Gasteiger partial charge in [0.2, 0.25) is 0 Å². The molecule has 0 radical (unpaired) electrons. The van der Waals surface area contributed by atoms with Gasteiger partial charge in [-0.2, -0.15) is 0 Å². The minimum atomic E-state index is -0.758. The fraction of sp³-hybridized carbons (Fsp3) is 0.917. The third-order valence-corrected chi connectivity index (χ3v) is 3.64. The van der Waals surface area contributed by atoms with Gasteiger partial charge in [0, 0.05) is 6.54 Å². The van der Waals surface area contributed by atoms with Gasteiger partial charge in [-0.1, -0.05) is 0 Å². The molecular weight excluding hydrogens is 218 g/mol. The molecule has 1 heterocycles. The number of nitrogens with zero attached hydrogens (tertiary/aromatic N) is 2. The van der Waals surface area contributed by atoms with Gasteiger partial charge in [0.25, 0.3) is 0 Å². The lowest BCUT2D eigenvalue weighted by Crippen LogP contribution is -2.44. The molecule has 1 saturated heterocycles. The number of rotatable bonds is 6. The second kappa shape index (κ2) is 6.93. The lowest BCUT2D eigenvalue weighted by molar-refractivity contribution is -0.143. The van der Waals surface area contributed by atoms with Gasteiger partial charge in [0.15, 0.2) is 0 Å². The maximum atomic E-state index is 11.1. The first-order chi connectivity index (χ1) is 8.04. The van der Waals surface area contributed by atoms with Crippen molar-refractivity contribution < 1.29 is 9.90 Å². The van der Waals surface area contributed by atoms with E-state index in [0.29, 0.717) is 18.9 Å².